The van der Waals surface area contributed by atoms with Crippen molar-refractivity contribution in [1.29, 1.82) is 0 Å². The molecule has 2 aromatic rings. The van der Waals surface area contributed by atoms with E-state index in [9.17, 15) is 0 Å². The Hall–Kier alpha value is -0.770. The lowest BCUT2D eigenvalue weighted by Gasteiger charge is -2.21. The van der Waals surface area contributed by atoms with Crippen LogP contribution in [0.3, 0.4) is 0 Å². The molecule has 0 radical (unpaired) electrons. The Morgan fingerprint density at radius 1 is 1.29 bits per heavy atom. The molecule has 1 aromatic heterocycles. The monoisotopic (exact) mass is 327 g/mol. The van der Waals surface area contributed by atoms with Gasteiger partial charge in [0, 0.05) is 18.1 Å². The van der Waals surface area contributed by atoms with Crippen LogP contribution in [0.1, 0.15) is 38.4 Å². The molecular weight excluding hydrogens is 305 g/mol. The van der Waals surface area contributed by atoms with Gasteiger partial charge in [0.05, 0.1) is 16.4 Å². The lowest BCUT2D eigenvalue weighted by atomic mass is 10.3. The summed E-state index contributed by atoms with van der Waals surface area (Å²) in [7, 11) is 0. The van der Waals surface area contributed by atoms with Crippen LogP contribution >= 0.6 is 23.2 Å². The van der Waals surface area contributed by atoms with Crippen LogP contribution in [0, 0.1) is 0 Å². The van der Waals surface area contributed by atoms with E-state index in [1.54, 1.807) is 0 Å². The first kappa shape index (κ1) is 16.6. The number of hydrogen-bond acceptors (Lipinski definition) is 2. The highest BCUT2D eigenvalue weighted by Crippen LogP contribution is 2.26. The van der Waals surface area contributed by atoms with E-state index in [-0.39, 0.29) is 5.38 Å². The molecule has 2 rings (SSSR count). The lowest BCUT2D eigenvalue weighted by molar-refractivity contribution is 0.276. The maximum absolute atomic E-state index is 6.30. The van der Waals surface area contributed by atoms with Gasteiger partial charge in [-0.25, -0.2) is 4.98 Å². The Labute approximate surface area is 136 Å². The molecule has 0 aliphatic carbocycles. The maximum Gasteiger partial charge on any atom is 0.127 e. The molecule has 116 valence electrons. The summed E-state index contributed by atoms with van der Waals surface area (Å²) in [5.74, 6) is 0.918. The Kier molecular flexibility index (Phi) is 5.91. The molecule has 0 aliphatic rings. The van der Waals surface area contributed by atoms with Gasteiger partial charge in [0.25, 0.3) is 0 Å². The number of aromatic nitrogens is 2. The van der Waals surface area contributed by atoms with E-state index in [4.69, 9.17) is 23.2 Å². The van der Waals surface area contributed by atoms with Crippen molar-refractivity contribution in [3.63, 3.8) is 0 Å². The summed E-state index contributed by atoms with van der Waals surface area (Å²) in [6.07, 6.45) is 1.17. The third-order valence-electron chi connectivity index (χ3n) is 3.72. The second kappa shape index (κ2) is 7.48. The zero-order chi connectivity index (χ0) is 15.4. The minimum Gasteiger partial charge on any atom is -0.325 e. The zero-order valence-corrected chi connectivity index (χ0v) is 14.5. The van der Waals surface area contributed by atoms with Crippen molar-refractivity contribution >= 4 is 34.2 Å². The fraction of sp³-hybridized carbons (Fsp3) is 0.562. The van der Waals surface area contributed by atoms with Crippen molar-refractivity contribution in [2.45, 2.75) is 39.1 Å². The van der Waals surface area contributed by atoms with Crippen molar-refractivity contribution in [2.75, 3.05) is 19.6 Å². The average Bonchev–Trinajstić information content (AvgIpc) is 2.81. The summed E-state index contributed by atoms with van der Waals surface area (Å²) < 4.78 is 2.21. The SMILES string of the molecule is CCCN(CC)CCn1c(C(C)Cl)nc2ccc(Cl)cc21. The summed E-state index contributed by atoms with van der Waals surface area (Å²) in [6.45, 7) is 10.4. The van der Waals surface area contributed by atoms with Gasteiger partial charge in [-0.15, -0.1) is 11.6 Å². The number of alkyl halides is 1. The minimum absolute atomic E-state index is 0.113. The van der Waals surface area contributed by atoms with E-state index in [1.807, 2.05) is 25.1 Å². The van der Waals surface area contributed by atoms with E-state index in [2.05, 4.69) is 28.3 Å². The highest BCUT2D eigenvalue weighted by atomic mass is 35.5. The Morgan fingerprint density at radius 3 is 2.67 bits per heavy atom. The van der Waals surface area contributed by atoms with Gasteiger partial charge >= 0.3 is 0 Å². The summed E-state index contributed by atoms with van der Waals surface area (Å²) >= 11 is 12.4. The first-order valence-electron chi connectivity index (χ1n) is 7.58. The van der Waals surface area contributed by atoms with Gasteiger partial charge in [-0.2, -0.15) is 0 Å². The predicted octanol–water partition coefficient (Wildman–Crippen LogP) is 4.72. The normalized spacial score (nSPS) is 13.2. The molecule has 0 fully saturated rings. The molecule has 3 nitrogen and oxygen atoms in total. The number of benzene rings is 1. The first-order valence-corrected chi connectivity index (χ1v) is 8.40. The van der Waals surface area contributed by atoms with E-state index < -0.39 is 0 Å². The van der Waals surface area contributed by atoms with Gasteiger partial charge in [-0.05, 0) is 44.6 Å². The quantitative estimate of drug-likeness (QED) is 0.686. The molecule has 1 atom stereocenters. The Bertz CT molecular complexity index is 592. The molecule has 21 heavy (non-hydrogen) atoms. The summed E-state index contributed by atoms with van der Waals surface area (Å²) in [5.41, 5.74) is 2.03. The van der Waals surface area contributed by atoms with Crippen molar-refractivity contribution in [3.05, 3.63) is 29.0 Å². The molecule has 5 heteroatoms. The van der Waals surface area contributed by atoms with Crippen LogP contribution in [-0.4, -0.2) is 34.1 Å². The van der Waals surface area contributed by atoms with Gasteiger partial charge in [0.15, 0.2) is 0 Å². The number of imidazole rings is 1. The molecular formula is C16H23Cl2N3. The number of rotatable bonds is 7. The van der Waals surface area contributed by atoms with Crippen molar-refractivity contribution in [3.8, 4) is 0 Å². The van der Waals surface area contributed by atoms with Crippen LogP contribution in [0.5, 0.6) is 0 Å². The van der Waals surface area contributed by atoms with Gasteiger partial charge in [-0.3, -0.25) is 0 Å². The predicted molar refractivity (Wildman–Crippen MR) is 91.4 cm³/mol. The topological polar surface area (TPSA) is 21.1 Å². The van der Waals surface area contributed by atoms with Crippen LogP contribution in [0.2, 0.25) is 5.02 Å². The molecule has 0 saturated carbocycles. The molecule has 0 N–H and O–H groups in total. The second-order valence-corrected chi connectivity index (χ2v) is 6.40. The first-order chi connectivity index (χ1) is 10.1. The van der Waals surface area contributed by atoms with Crippen LogP contribution in [0.25, 0.3) is 11.0 Å². The zero-order valence-electron chi connectivity index (χ0n) is 12.9. The fourth-order valence-corrected chi connectivity index (χ4v) is 2.97. The van der Waals surface area contributed by atoms with Crippen molar-refractivity contribution < 1.29 is 0 Å². The summed E-state index contributed by atoms with van der Waals surface area (Å²) in [4.78, 5) is 7.10. The highest BCUT2D eigenvalue weighted by molar-refractivity contribution is 6.31. The fourth-order valence-electron chi connectivity index (χ4n) is 2.64. The molecule has 0 bridgehead atoms. The van der Waals surface area contributed by atoms with Crippen LogP contribution in [-0.2, 0) is 6.54 Å². The molecule has 0 spiro atoms. The third kappa shape index (κ3) is 3.91. The van der Waals surface area contributed by atoms with Crippen LogP contribution in [0.15, 0.2) is 18.2 Å². The Balaban J connectivity index is 2.31. The van der Waals surface area contributed by atoms with Crippen LogP contribution < -0.4 is 0 Å². The van der Waals surface area contributed by atoms with E-state index in [0.717, 1.165) is 48.1 Å². The van der Waals surface area contributed by atoms with Crippen molar-refractivity contribution in [2.24, 2.45) is 0 Å². The number of fused-ring (bicyclic) bond motifs is 1. The molecule has 1 aromatic carbocycles. The number of halogens is 2. The smallest absolute Gasteiger partial charge is 0.127 e. The summed E-state index contributed by atoms with van der Waals surface area (Å²) in [6, 6.07) is 5.81. The van der Waals surface area contributed by atoms with Gasteiger partial charge < -0.3 is 9.47 Å². The van der Waals surface area contributed by atoms with Gasteiger partial charge in [-0.1, -0.05) is 25.4 Å². The van der Waals surface area contributed by atoms with E-state index >= 15 is 0 Å². The molecule has 1 unspecified atom stereocenters. The van der Waals surface area contributed by atoms with E-state index in [0.29, 0.717) is 0 Å². The van der Waals surface area contributed by atoms with Gasteiger partial charge in [0.2, 0.25) is 0 Å². The Morgan fingerprint density at radius 2 is 2.05 bits per heavy atom. The van der Waals surface area contributed by atoms with Gasteiger partial charge in [0.1, 0.15) is 5.82 Å². The summed E-state index contributed by atoms with van der Waals surface area (Å²) in [5, 5.41) is 0.621. The van der Waals surface area contributed by atoms with Crippen molar-refractivity contribution in [1.82, 2.24) is 14.5 Å². The molecule has 0 saturated heterocycles. The largest absolute Gasteiger partial charge is 0.325 e. The number of nitrogens with zero attached hydrogens (tertiary/aromatic N) is 3. The number of hydrogen-bond donors (Lipinski definition) is 0. The second-order valence-electron chi connectivity index (χ2n) is 5.30. The molecule has 0 aliphatic heterocycles. The minimum atomic E-state index is -0.113. The average molecular weight is 328 g/mol. The highest BCUT2D eigenvalue weighted by Gasteiger charge is 2.15. The standard InChI is InChI=1S/C16H23Cl2N3/c1-4-8-20(5-2)9-10-21-15-11-13(18)6-7-14(15)19-16(21)12(3)17/h6-7,11-12H,4-5,8-10H2,1-3H3. The molecule has 1 heterocycles. The number of likely N-dealkylation sites (N-methyl/N-ethyl adjacent to an activating group) is 1. The molecule has 0 amide bonds. The maximum atomic E-state index is 6.30. The third-order valence-corrected chi connectivity index (χ3v) is 4.15. The lowest BCUT2D eigenvalue weighted by Crippen LogP contribution is -2.28. The van der Waals surface area contributed by atoms with Crippen LogP contribution in [0.4, 0.5) is 0 Å². The van der Waals surface area contributed by atoms with E-state index in [1.165, 1.54) is 6.42 Å².